The number of hydrogen-bond acceptors (Lipinski definition) is 1. The Labute approximate surface area is 89.1 Å². The minimum Gasteiger partial charge on any atom is -0.366 e. The van der Waals surface area contributed by atoms with Gasteiger partial charge in [-0.1, -0.05) is 30.4 Å². The molecule has 0 bridgehead atoms. The summed E-state index contributed by atoms with van der Waals surface area (Å²) in [5.41, 5.74) is 8.08. The molecule has 2 N–H and O–H groups in total. The monoisotopic (exact) mass is 199 g/mol. The van der Waals surface area contributed by atoms with E-state index >= 15 is 0 Å². The molecule has 0 saturated heterocycles. The quantitative estimate of drug-likeness (QED) is 0.781. The lowest BCUT2D eigenvalue weighted by atomic mass is 9.99. The van der Waals surface area contributed by atoms with E-state index in [1.807, 2.05) is 12.1 Å². The number of rotatable bonds is 2. The minimum atomic E-state index is -0.380. The molecule has 0 aliphatic heterocycles. The van der Waals surface area contributed by atoms with Gasteiger partial charge in [0.25, 0.3) is 0 Å². The first-order valence-electron chi connectivity index (χ1n) is 5.04. The SMILES string of the molecule is NC(=O)c1ccc(C2=CCCC=C2)cc1. The molecule has 0 fully saturated rings. The van der Waals surface area contributed by atoms with Gasteiger partial charge < -0.3 is 5.73 Å². The predicted molar refractivity (Wildman–Crippen MR) is 61.3 cm³/mol. The highest BCUT2D eigenvalue weighted by Crippen LogP contribution is 2.21. The Bertz CT molecular complexity index is 426. The molecule has 2 nitrogen and oxygen atoms in total. The second-order valence-electron chi connectivity index (χ2n) is 3.58. The highest BCUT2D eigenvalue weighted by atomic mass is 16.1. The summed E-state index contributed by atoms with van der Waals surface area (Å²) in [7, 11) is 0. The van der Waals surface area contributed by atoms with E-state index < -0.39 is 0 Å². The molecular weight excluding hydrogens is 186 g/mol. The number of carbonyl (C=O) groups excluding carboxylic acids is 1. The summed E-state index contributed by atoms with van der Waals surface area (Å²) in [4.78, 5) is 10.9. The summed E-state index contributed by atoms with van der Waals surface area (Å²) in [6, 6.07) is 7.39. The second kappa shape index (κ2) is 4.13. The molecule has 1 aromatic rings. The van der Waals surface area contributed by atoms with Crippen LogP contribution in [0.3, 0.4) is 0 Å². The molecule has 1 aliphatic rings. The van der Waals surface area contributed by atoms with Crippen molar-refractivity contribution >= 4 is 11.5 Å². The van der Waals surface area contributed by atoms with E-state index in [0.29, 0.717) is 5.56 Å². The Morgan fingerprint density at radius 2 is 1.87 bits per heavy atom. The van der Waals surface area contributed by atoms with E-state index in [0.717, 1.165) is 18.4 Å². The van der Waals surface area contributed by atoms with Crippen molar-refractivity contribution in [3.63, 3.8) is 0 Å². The first kappa shape index (κ1) is 9.71. The Hall–Kier alpha value is -1.83. The number of hydrogen-bond donors (Lipinski definition) is 1. The fraction of sp³-hybridized carbons (Fsp3) is 0.154. The van der Waals surface area contributed by atoms with Gasteiger partial charge in [-0.05, 0) is 36.1 Å². The fourth-order valence-electron chi connectivity index (χ4n) is 1.65. The summed E-state index contributed by atoms with van der Waals surface area (Å²) in [5, 5.41) is 0. The van der Waals surface area contributed by atoms with Crippen LogP contribution in [0.5, 0.6) is 0 Å². The molecule has 0 aromatic heterocycles. The molecule has 0 heterocycles. The van der Waals surface area contributed by atoms with Gasteiger partial charge in [0.1, 0.15) is 0 Å². The molecular formula is C13H13NO. The lowest BCUT2D eigenvalue weighted by molar-refractivity contribution is 0.100. The lowest BCUT2D eigenvalue weighted by Crippen LogP contribution is -2.10. The van der Waals surface area contributed by atoms with E-state index in [2.05, 4.69) is 18.2 Å². The molecule has 1 aromatic carbocycles. The van der Waals surface area contributed by atoms with Crippen LogP contribution in [0, 0.1) is 0 Å². The van der Waals surface area contributed by atoms with Gasteiger partial charge >= 0.3 is 0 Å². The Kier molecular flexibility index (Phi) is 2.68. The van der Waals surface area contributed by atoms with Crippen molar-refractivity contribution in [2.45, 2.75) is 12.8 Å². The van der Waals surface area contributed by atoms with Gasteiger partial charge in [0, 0.05) is 5.56 Å². The van der Waals surface area contributed by atoms with Crippen LogP contribution in [0.25, 0.3) is 5.57 Å². The van der Waals surface area contributed by atoms with Gasteiger partial charge in [-0.3, -0.25) is 4.79 Å². The van der Waals surface area contributed by atoms with Crippen molar-refractivity contribution < 1.29 is 4.79 Å². The Morgan fingerprint density at radius 3 is 2.40 bits per heavy atom. The summed E-state index contributed by atoms with van der Waals surface area (Å²) >= 11 is 0. The summed E-state index contributed by atoms with van der Waals surface area (Å²) in [6.07, 6.45) is 8.69. The van der Waals surface area contributed by atoms with E-state index in [1.54, 1.807) is 12.1 Å². The van der Waals surface area contributed by atoms with Gasteiger partial charge in [0.2, 0.25) is 5.91 Å². The maximum absolute atomic E-state index is 10.9. The van der Waals surface area contributed by atoms with Gasteiger partial charge in [-0.15, -0.1) is 0 Å². The third-order valence-electron chi connectivity index (χ3n) is 2.50. The number of benzene rings is 1. The molecule has 15 heavy (non-hydrogen) atoms. The van der Waals surface area contributed by atoms with Crippen LogP contribution in [0.1, 0.15) is 28.8 Å². The molecule has 76 valence electrons. The molecule has 0 radical (unpaired) electrons. The van der Waals surface area contributed by atoms with Crippen LogP contribution in [-0.4, -0.2) is 5.91 Å². The third-order valence-corrected chi connectivity index (χ3v) is 2.50. The molecule has 2 rings (SSSR count). The molecule has 0 unspecified atom stereocenters. The molecule has 1 amide bonds. The zero-order valence-corrected chi connectivity index (χ0v) is 8.44. The Balaban J connectivity index is 2.27. The maximum atomic E-state index is 10.9. The largest absolute Gasteiger partial charge is 0.366 e. The van der Waals surface area contributed by atoms with E-state index in [9.17, 15) is 4.79 Å². The molecule has 2 heteroatoms. The topological polar surface area (TPSA) is 43.1 Å². The average Bonchev–Trinajstić information content (AvgIpc) is 2.30. The van der Waals surface area contributed by atoms with E-state index in [4.69, 9.17) is 5.73 Å². The maximum Gasteiger partial charge on any atom is 0.248 e. The number of amides is 1. The van der Waals surface area contributed by atoms with Crippen molar-refractivity contribution in [2.24, 2.45) is 5.73 Å². The second-order valence-corrected chi connectivity index (χ2v) is 3.58. The van der Waals surface area contributed by atoms with Crippen molar-refractivity contribution in [3.8, 4) is 0 Å². The Morgan fingerprint density at radius 1 is 1.13 bits per heavy atom. The molecule has 0 saturated carbocycles. The summed E-state index contributed by atoms with van der Waals surface area (Å²) in [5.74, 6) is -0.380. The normalized spacial score (nSPS) is 14.8. The van der Waals surface area contributed by atoms with Crippen LogP contribution < -0.4 is 5.73 Å². The smallest absolute Gasteiger partial charge is 0.248 e. The summed E-state index contributed by atoms with van der Waals surface area (Å²) < 4.78 is 0. The third kappa shape index (κ3) is 2.15. The number of allylic oxidation sites excluding steroid dienone is 4. The molecule has 0 spiro atoms. The van der Waals surface area contributed by atoms with Crippen LogP contribution >= 0.6 is 0 Å². The van der Waals surface area contributed by atoms with Gasteiger partial charge in [0.05, 0.1) is 0 Å². The zero-order chi connectivity index (χ0) is 10.7. The van der Waals surface area contributed by atoms with E-state index in [1.165, 1.54) is 5.57 Å². The van der Waals surface area contributed by atoms with Crippen molar-refractivity contribution in [3.05, 3.63) is 53.6 Å². The predicted octanol–water partition coefficient (Wildman–Crippen LogP) is 2.52. The van der Waals surface area contributed by atoms with Crippen LogP contribution in [0.4, 0.5) is 0 Å². The van der Waals surface area contributed by atoms with E-state index in [-0.39, 0.29) is 5.91 Å². The highest BCUT2D eigenvalue weighted by molar-refractivity contribution is 5.93. The average molecular weight is 199 g/mol. The fourth-order valence-corrected chi connectivity index (χ4v) is 1.65. The molecule has 0 atom stereocenters. The lowest BCUT2D eigenvalue weighted by Gasteiger charge is -2.07. The van der Waals surface area contributed by atoms with Crippen molar-refractivity contribution in [1.82, 2.24) is 0 Å². The van der Waals surface area contributed by atoms with Crippen LogP contribution in [0.15, 0.2) is 42.5 Å². The van der Waals surface area contributed by atoms with Crippen molar-refractivity contribution in [1.29, 1.82) is 0 Å². The van der Waals surface area contributed by atoms with Gasteiger partial charge in [0.15, 0.2) is 0 Å². The first-order chi connectivity index (χ1) is 7.27. The van der Waals surface area contributed by atoms with Crippen molar-refractivity contribution in [2.75, 3.05) is 0 Å². The van der Waals surface area contributed by atoms with Gasteiger partial charge in [-0.25, -0.2) is 0 Å². The molecule has 1 aliphatic carbocycles. The first-order valence-corrected chi connectivity index (χ1v) is 5.04. The number of carbonyl (C=O) groups is 1. The van der Waals surface area contributed by atoms with Crippen LogP contribution in [-0.2, 0) is 0 Å². The number of primary amides is 1. The summed E-state index contributed by atoms with van der Waals surface area (Å²) in [6.45, 7) is 0. The standard InChI is InChI=1S/C13H13NO/c14-13(15)12-8-6-11(7-9-12)10-4-2-1-3-5-10/h2,4-9H,1,3H2,(H2,14,15). The zero-order valence-electron chi connectivity index (χ0n) is 8.44. The van der Waals surface area contributed by atoms with Crippen LogP contribution in [0.2, 0.25) is 0 Å². The van der Waals surface area contributed by atoms with Gasteiger partial charge in [-0.2, -0.15) is 0 Å². The minimum absolute atomic E-state index is 0.380. The number of nitrogens with two attached hydrogens (primary N) is 1. The highest BCUT2D eigenvalue weighted by Gasteiger charge is 2.03.